The van der Waals surface area contributed by atoms with E-state index in [0.29, 0.717) is 5.56 Å². The fraction of sp³-hybridized carbons (Fsp3) is 0.200. The first kappa shape index (κ1) is 13.1. The minimum atomic E-state index is 0.637. The van der Waals surface area contributed by atoms with Gasteiger partial charge in [-0.1, -0.05) is 18.2 Å². The van der Waals surface area contributed by atoms with Crippen molar-refractivity contribution in [3.63, 3.8) is 0 Å². The molecular weight excluding hydrogens is 264 g/mol. The number of nitrogens with zero attached hydrogens (tertiary/aromatic N) is 4. The van der Waals surface area contributed by atoms with Crippen LogP contribution in [-0.2, 0) is 6.42 Å². The summed E-state index contributed by atoms with van der Waals surface area (Å²) in [6.07, 6.45) is 3.24. The third kappa shape index (κ3) is 2.98. The van der Waals surface area contributed by atoms with Crippen molar-refractivity contribution in [3.05, 3.63) is 48.0 Å². The number of anilines is 1. The Hall–Kier alpha value is -2.94. The molecule has 0 spiro atoms. The molecule has 2 aromatic heterocycles. The van der Waals surface area contributed by atoms with Gasteiger partial charge in [-0.25, -0.2) is 9.97 Å². The summed E-state index contributed by atoms with van der Waals surface area (Å²) < 4.78 is 0. The fourth-order valence-corrected chi connectivity index (χ4v) is 2.18. The van der Waals surface area contributed by atoms with Crippen LogP contribution in [0, 0.1) is 11.3 Å². The molecule has 0 fully saturated rings. The van der Waals surface area contributed by atoms with Gasteiger partial charge < -0.3 is 5.32 Å². The first-order valence-electron chi connectivity index (χ1n) is 6.75. The first-order valence-corrected chi connectivity index (χ1v) is 6.75. The van der Waals surface area contributed by atoms with Crippen LogP contribution in [-0.4, -0.2) is 26.7 Å². The topological polar surface area (TPSA) is 90.3 Å². The van der Waals surface area contributed by atoms with Crippen molar-refractivity contribution in [2.24, 2.45) is 0 Å². The number of H-pyrrole nitrogens is 1. The molecule has 0 saturated heterocycles. The molecule has 21 heavy (non-hydrogen) atoms. The molecule has 6 nitrogen and oxygen atoms in total. The van der Waals surface area contributed by atoms with Gasteiger partial charge in [0.2, 0.25) is 0 Å². The van der Waals surface area contributed by atoms with Crippen LogP contribution in [0.25, 0.3) is 10.9 Å². The van der Waals surface area contributed by atoms with E-state index in [1.165, 1.54) is 6.33 Å². The lowest BCUT2D eigenvalue weighted by molar-refractivity contribution is 0.804. The molecule has 104 valence electrons. The Morgan fingerprint density at radius 1 is 1.29 bits per heavy atom. The minimum absolute atomic E-state index is 0.637. The number of para-hydroxylation sites is 1. The Morgan fingerprint density at radius 2 is 2.19 bits per heavy atom. The third-order valence-corrected chi connectivity index (χ3v) is 3.20. The van der Waals surface area contributed by atoms with E-state index in [2.05, 4.69) is 31.6 Å². The lowest BCUT2D eigenvalue weighted by atomic mass is 10.1. The van der Waals surface area contributed by atoms with E-state index in [0.717, 1.165) is 41.9 Å². The van der Waals surface area contributed by atoms with Crippen LogP contribution in [0.1, 0.15) is 17.8 Å². The molecule has 2 N–H and O–H groups in total. The smallest absolute Gasteiger partial charge is 0.137 e. The van der Waals surface area contributed by atoms with Gasteiger partial charge in [-0.3, -0.25) is 5.10 Å². The number of rotatable bonds is 5. The monoisotopic (exact) mass is 278 g/mol. The summed E-state index contributed by atoms with van der Waals surface area (Å²) in [5, 5.41) is 20.0. The summed E-state index contributed by atoms with van der Waals surface area (Å²) in [5.74, 6) is 1.60. The van der Waals surface area contributed by atoms with Gasteiger partial charge in [-0.05, 0) is 18.6 Å². The lowest BCUT2D eigenvalue weighted by Gasteiger charge is -2.07. The number of nitrogens with one attached hydrogen (secondary N) is 2. The van der Waals surface area contributed by atoms with Crippen LogP contribution in [0.2, 0.25) is 0 Å². The largest absolute Gasteiger partial charge is 0.370 e. The number of hydrogen-bond acceptors (Lipinski definition) is 5. The summed E-state index contributed by atoms with van der Waals surface area (Å²) in [6.45, 7) is 0.761. The van der Waals surface area contributed by atoms with Gasteiger partial charge >= 0.3 is 0 Å². The highest BCUT2D eigenvalue weighted by atomic mass is 15.2. The van der Waals surface area contributed by atoms with Crippen LogP contribution in [0.4, 0.5) is 5.82 Å². The zero-order valence-corrected chi connectivity index (χ0v) is 11.4. The van der Waals surface area contributed by atoms with Crippen LogP contribution in [0.15, 0.2) is 36.7 Å². The van der Waals surface area contributed by atoms with Gasteiger partial charge in [0, 0.05) is 18.4 Å². The molecule has 3 rings (SSSR count). The maximum atomic E-state index is 9.23. The average Bonchev–Trinajstić information content (AvgIpc) is 3.04. The predicted octanol–water partition coefficient (Wildman–Crippen LogP) is 2.27. The summed E-state index contributed by atoms with van der Waals surface area (Å²) in [4.78, 5) is 8.60. The molecule has 0 atom stereocenters. The molecule has 6 heteroatoms. The van der Waals surface area contributed by atoms with E-state index in [1.54, 1.807) is 6.07 Å². The Balaban J connectivity index is 1.68. The van der Waals surface area contributed by atoms with E-state index in [1.807, 2.05) is 24.3 Å². The average molecular weight is 278 g/mol. The van der Waals surface area contributed by atoms with E-state index in [4.69, 9.17) is 0 Å². The van der Waals surface area contributed by atoms with E-state index in [9.17, 15) is 5.26 Å². The predicted molar refractivity (Wildman–Crippen MR) is 79.7 cm³/mol. The number of aromatic nitrogens is 4. The Kier molecular flexibility index (Phi) is 3.74. The molecular formula is C15H14N6. The van der Waals surface area contributed by atoms with Crippen molar-refractivity contribution in [1.82, 2.24) is 20.2 Å². The summed E-state index contributed by atoms with van der Waals surface area (Å²) in [7, 11) is 0. The van der Waals surface area contributed by atoms with Gasteiger partial charge in [0.15, 0.2) is 0 Å². The van der Waals surface area contributed by atoms with Gasteiger partial charge in [0.05, 0.1) is 17.1 Å². The minimum Gasteiger partial charge on any atom is -0.370 e. The number of fused-ring (bicyclic) bond motifs is 1. The van der Waals surface area contributed by atoms with Gasteiger partial charge in [0.1, 0.15) is 18.0 Å². The van der Waals surface area contributed by atoms with Crippen molar-refractivity contribution in [2.45, 2.75) is 12.8 Å². The molecule has 0 aliphatic heterocycles. The van der Waals surface area contributed by atoms with Crippen molar-refractivity contribution >= 4 is 16.7 Å². The Morgan fingerprint density at radius 3 is 3.00 bits per heavy atom. The van der Waals surface area contributed by atoms with Gasteiger partial charge in [-0.15, -0.1) is 0 Å². The quantitative estimate of drug-likeness (QED) is 0.699. The maximum absolute atomic E-state index is 9.23. The summed E-state index contributed by atoms with van der Waals surface area (Å²) in [5.41, 5.74) is 1.47. The highest BCUT2D eigenvalue weighted by Crippen LogP contribution is 2.19. The molecule has 0 bridgehead atoms. The highest BCUT2D eigenvalue weighted by Gasteiger charge is 2.04. The van der Waals surface area contributed by atoms with Crippen LogP contribution >= 0.6 is 0 Å². The molecule has 0 saturated carbocycles. The highest BCUT2D eigenvalue weighted by molar-refractivity contribution is 5.86. The second-order valence-corrected chi connectivity index (χ2v) is 4.65. The van der Waals surface area contributed by atoms with E-state index >= 15 is 0 Å². The zero-order valence-electron chi connectivity index (χ0n) is 11.4. The Bertz CT molecular complexity index is 772. The van der Waals surface area contributed by atoms with Crippen LogP contribution in [0.3, 0.4) is 0 Å². The first-order chi connectivity index (χ1) is 10.4. The van der Waals surface area contributed by atoms with Crippen molar-refractivity contribution < 1.29 is 0 Å². The SMILES string of the molecule is N#Cc1cc(NCCCc2ncn[nH]2)nc2ccccc12. The number of aromatic amines is 1. The molecule has 0 radical (unpaired) electrons. The third-order valence-electron chi connectivity index (χ3n) is 3.20. The molecule has 3 aromatic rings. The second-order valence-electron chi connectivity index (χ2n) is 4.65. The number of nitriles is 1. The molecule has 0 aliphatic rings. The number of benzene rings is 1. The number of pyridine rings is 1. The number of aryl methyl sites for hydroxylation is 1. The fourth-order valence-electron chi connectivity index (χ4n) is 2.18. The number of hydrogen-bond donors (Lipinski definition) is 2. The molecule has 2 heterocycles. The van der Waals surface area contributed by atoms with Gasteiger partial charge in [0.25, 0.3) is 0 Å². The summed E-state index contributed by atoms with van der Waals surface area (Å²) in [6, 6.07) is 11.7. The zero-order chi connectivity index (χ0) is 14.5. The molecule has 0 aliphatic carbocycles. The lowest BCUT2D eigenvalue weighted by Crippen LogP contribution is -2.05. The van der Waals surface area contributed by atoms with E-state index < -0.39 is 0 Å². The van der Waals surface area contributed by atoms with E-state index in [-0.39, 0.29) is 0 Å². The normalized spacial score (nSPS) is 10.4. The van der Waals surface area contributed by atoms with Crippen molar-refractivity contribution in [2.75, 3.05) is 11.9 Å². The Labute approximate surface area is 121 Å². The molecule has 0 amide bonds. The van der Waals surface area contributed by atoms with Gasteiger partial charge in [-0.2, -0.15) is 10.4 Å². The summed E-state index contributed by atoms with van der Waals surface area (Å²) >= 11 is 0. The van der Waals surface area contributed by atoms with Crippen LogP contribution < -0.4 is 5.32 Å². The maximum Gasteiger partial charge on any atom is 0.137 e. The van der Waals surface area contributed by atoms with Crippen molar-refractivity contribution in [3.8, 4) is 6.07 Å². The second kappa shape index (κ2) is 6.01. The molecule has 1 aromatic carbocycles. The van der Waals surface area contributed by atoms with Crippen LogP contribution in [0.5, 0.6) is 0 Å². The van der Waals surface area contributed by atoms with Crippen molar-refractivity contribution in [1.29, 1.82) is 5.26 Å². The standard InChI is InChI=1S/C15H14N6/c16-9-11-8-15(20-13-5-2-1-4-12(11)13)17-7-3-6-14-18-10-19-21-14/h1-2,4-5,8,10H,3,6-7H2,(H,17,20)(H,18,19,21). The molecule has 0 unspecified atom stereocenters.